The van der Waals surface area contributed by atoms with Gasteiger partial charge in [0.05, 0.1) is 34.4 Å². The van der Waals surface area contributed by atoms with Crippen LogP contribution in [0.4, 0.5) is 5.69 Å². The van der Waals surface area contributed by atoms with Gasteiger partial charge in [-0.1, -0.05) is 35.9 Å². The van der Waals surface area contributed by atoms with Crippen molar-refractivity contribution in [1.82, 2.24) is 4.31 Å². The standard InChI is InChI=1S/C20H23ClN2O4S/c1-14-12-23(13-15(2)27-14)28(25,26)17-7-5-6-16(10-17)20(24)11-22-19-9-4-3-8-18(19)21/h3-10,14-15,22H,11-13H2,1-2H3. The molecule has 2 aromatic carbocycles. The van der Waals surface area contributed by atoms with E-state index in [9.17, 15) is 13.2 Å². The lowest BCUT2D eigenvalue weighted by Gasteiger charge is -2.34. The number of nitrogens with one attached hydrogen (secondary N) is 1. The fourth-order valence-corrected chi connectivity index (χ4v) is 5.03. The van der Waals surface area contributed by atoms with Crippen LogP contribution in [0.2, 0.25) is 5.02 Å². The second-order valence-electron chi connectivity index (χ2n) is 6.86. The second-order valence-corrected chi connectivity index (χ2v) is 9.21. The first-order valence-corrected chi connectivity index (χ1v) is 10.9. The van der Waals surface area contributed by atoms with Crippen molar-refractivity contribution in [2.24, 2.45) is 0 Å². The van der Waals surface area contributed by atoms with Crippen LogP contribution in [0.3, 0.4) is 0 Å². The van der Waals surface area contributed by atoms with Crippen molar-refractivity contribution in [3.05, 3.63) is 59.1 Å². The summed E-state index contributed by atoms with van der Waals surface area (Å²) in [6.45, 7) is 4.29. The number of sulfonamides is 1. The molecule has 0 saturated carbocycles. The largest absolute Gasteiger partial charge is 0.376 e. The van der Waals surface area contributed by atoms with Crippen molar-refractivity contribution >= 4 is 33.1 Å². The van der Waals surface area contributed by atoms with Gasteiger partial charge in [-0.2, -0.15) is 4.31 Å². The molecule has 0 radical (unpaired) electrons. The number of halogens is 1. The molecule has 0 aromatic heterocycles. The number of anilines is 1. The zero-order valence-corrected chi connectivity index (χ0v) is 17.3. The fourth-order valence-electron chi connectivity index (χ4n) is 3.19. The third-order valence-electron chi connectivity index (χ3n) is 4.49. The summed E-state index contributed by atoms with van der Waals surface area (Å²) in [5.74, 6) is -0.222. The Bertz CT molecular complexity index is 954. The molecule has 1 aliphatic rings. The molecule has 0 amide bonds. The van der Waals surface area contributed by atoms with E-state index in [1.165, 1.54) is 16.4 Å². The number of hydrogen-bond acceptors (Lipinski definition) is 5. The van der Waals surface area contributed by atoms with Crippen LogP contribution in [0.25, 0.3) is 0 Å². The van der Waals surface area contributed by atoms with Crippen LogP contribution < -0.4 is 5.32 Å². The Balaban J connectivity index is 1.76. The maximum Gasteiger partial charge on any atom is 0.243 e. The average Bonchev–Trinajstić information content (AvgIpc) is 2.66. The maximum atomic E-state index is 13.0. The number of ether oxygens (including phenoxy) is 1. The molecule has 2 atom stereocenters. The molecule has 0 spiro atoms. The van der Waals surface area contributed by atoms with Crippen LogP contribution in [0, 0.1) is 0 Å². The number of benzene rings is 2. The Kier molecular flexibility index (Phi) is 6.40. The summed E-state index contributed by atoms with van der Waals surface area (Å²) >= 11 is 6.08. The molecule has 1 heterocycles. The highest BCUT2D eigenvalue weighted by molar-refractivity contribution is 7.89. The van der Waals surface area contributed by atoms with Gasteiger partial charge in [-0.15, -0.1) is 0 Å². The van der Waals surface area contributed by atoms with Crippen molar-refractivity contribution in [2.75, 3.05) is 25.0 Å². The van der Waals surface area contributed by atoms with Gasteiger partial charge in [-0.25, -0.2) is 8.42 Å². The van der Waals surface area contributed by atoms with Crippen LogP contribution >= 0.6 is 11.6 Å². The van der Waals surface area contributed by atoms with Crippen molar-refractivity contribution in [3.8, 4) is 0 Å². The molecule has 3 rings (SSSR count). The monoisotopic (exact) mass is 422 g/mol. The molecule has 6 nitrogen and oxygen atoms in total. The van der Waals surface area contributed by atoms with Crippen LogP contribution in [-0.4, -0.2) is 50.3 Å². The van der Waals surface area contributed by atoms with Gasteiger partial charge in [0.15, 0.2) is 5.78 Å². The number of Topliss-reactive ketones (excluding diaryl/α,β-unsaturated/α-hetero) is 1. The minimum atomic E-state index is -3.70. The number of hydrogen-bond donors (Lipinski definition) is 1. The summed E-state index contributed by atoms with van der Waals surface area (Å²) in [4.78, 5) is 12.7. The van der Waals surface area contributed by atoms with Crippen LogP contribution in [0.5, 0.6) is 0 Å². The number of carbonyl (C=O) groups is 1. The van der Waals surface area contributed by atoms with E-state index in [4.69, 9.17) is 16.3 Å². The molecular weight excluding hydrogens is 400 g/mol. The second kappa shape index (κ2) is 8.61. The molecule has 2 aromatic rings. The molecule has 1 saturated heterocycles. The smallest absolute Gasteiger partial charge is 0.243 e. The summed E-state index contributed by atoms with van der Waals surface area (Å²) in [6.07, 6.45) is -0.355. The van der Waals surface area contributed by atoms with E-state index in [0.717, 1.165) is 0 Å². The normalized spacial score (nSPS) is 20.7. The van der Waals surface area contributed by atoms with Gasteiger partial charge < -0.3 is 10.1 Å². The predicted molar refractivity (Wildman–Crippen MR) is 109 cm³/mol. The third kappa shape index (κ3) is 4.72. The highest BCUT2D eigenvalue weighted by Gasteiger charge is 2.32. The van der Waals surface area contributed by atoms with Gasteiger partial charge in [0.2, 0.25) is 10.0 Å². The topological polar surface area (TPSA) is 75.7 Å². The van der Waals surface area contributed by atoms with Crippen molar-refractivity contribution in [1.29, 1.82) is 0 Å². The Labute approximate surface area is 170 Å². The average molecular weight is 423 g/mol. The first kappa shape index (κ1) is 20.8. The van der Waals surface area contributed by atoms with Gasteiger partial charge in [-0.05, 0) is 38.1 Å². The van der Waals surface area contributed by atoms with E-state index >= 15 is 0 Å². The summed E-state index contributed by atoms with van der Waals surface area (Å²) in [5.41, 5.74) is 0.979. The molecule has 1 aliphatic heterocycles. The van der Waals surface area contributed by atoms with E-state index < -0.39 is 10.0 Å². The molecular formula is C20H23ClN2O4S. The van der Waals surface area contributed by atoms with Gasteiger partial charge in [0, 0.05) is 18.7 Å². The van der Waals surface area contributed by atoms with E-state index in [2.05, 4.69) is 5.32 Å². The SMILES string of the molecule is CC1CN(S(=O)(=O)c2cccc(C(=O)CNc3ccccc3Cl)c2)CC(C)O1. The Morgan fingerprint density at radius 2 is 1.82 bits per heavy atom. The van der Waals surface area contributed by atoms with Crippen molar-refractivity contribution < 1.29 is 17.9 Å². The van der Waals surface area contributed by atoms with Gasteiger partial charge in [-0.3, -0.25) is 4.79 Å². The summed E-state index contributed by atoms with van der Waals surface area (Å²) < 4.78 is 33.0. The molecule has 1 N–H and O–H groups in total. The van der Waals surface area contributed by atoms with Crippen LogP contribution in [0.1, 0.15) is 24.2 Å². The lowest BCUT2D eigenvalue weighted by Crippen LogP contribution is -2.48. The Morgan fingerprint density at radius 3 is 2.50 bits per heavy atom. The predicted octanol–water partition coefficient (Wildman–Crippen LogP) is 3.43. The third-order valence-corrected chi connectivity index (χ3v) is 6.65. The molecule has 2 unspecified atom stereocenters. The fraction of sp³-hybridized carbons (Fsp3) is 0.350. The minimum absolute atomic E-state index is 0.0128. The highest BCUT2D eigenvalue weighted by atomic mass is 35.5. The first-order chi connectivity index (χ1) is 13.3. The number of morpholine rings is 1. The molecule has 150 valence electrons. The van der Waals surface area contributed by atoms with Crippen LogP contribution in [0.15, 0.2) is 53.4 Å². The van der Waals surface area contributed by atoms with Crippen molar-refractivity contribution in [2.45, 2.75) is 31.0 Å². The number of para-hydroxylation sites is 1. The van der Waals surface area contributed by atoms with E-state index in [1.54, 1.807) is 30.3 Å². The Morgan fingerprint density at radius 1 is 1.14 bits per heavy atom. The summed E-state index contributed by atoms with van der Waals surface area (Å²) in [6, 6.07) is 13.3. The zero-order chi connectivity index (χ0) is 20.3. The van der Waals surface area contributed by atoms with Gasteiger partial charge >= 0.3 is 0 Å². The van der Waals surface area contributed by atoms with Gasteiger partial charge in [0.25, 0.3) is 0 Å². The van der Waals surface area contributed by atoms with E-state index in [-0.39, 0.29) is 29.4 Å². The molecule has 1 fully saturated rings. The quantitative estimate of drug-likeness (QED) is 0.722. The number of nitrogens with zero attached hydrogens (tertiary/aromatic N) is 1. The lowest BCUT2D eigenvalue weighted by molar-refractivity contribution is -0.0440. The first-order valence-electron chi connectivity index (χ1n) is 9.04. The number of rotatable bonds is 6. The highest BCUT2D eigenvalue weighted by Crippen LogP contribution is 2.23. The maximum absolute atomic E-state index is 13.0. The summed E-state index contributed by atoms with van der Waals surface area (Å²) in [7, 11) is -3.70. The van der Waals surface area contributed by atoms with Crippen LogP contribution in [-0.2, 0) is 14.8 Å². The summed E-state index contributed by atoms with van der Waals surface area (Å²) in [5, 5.41) is 3.50. The van der Waals surface area contributed by atoms with Gasteiger partial charge in [0.1, 0.15) is 0 Å². The molecule has 8 heteroatoms. The molecule has 28 heavy (non-hydrogen) atoms. The molecule has 0 aliphatic carbocycles. The number of carbonyl (C=O) groups excluding carboxylic acids is 1. The van der Waals surface area contributed by atoms with E-state index in [0.29, 0.717) is 29.4 Å². The van der Waals surface area contributed by atoms with E-state index in [1.807, 2.05) is 19.9 Å². The zero-order valence-electron chi connectivity index (χ0n) is 15.8. The Hall–Kier alpha value is -1.93. The lowest BCUT2D eigenvalue weighted by atomic mass is 10.1. The molecule has 0 bridgehead atoms. The van der Waals surface area contributed by atoms with Crippen molar-refractivity contribution in [3.63, 3.8) is 0 Å². The minimum Gasteiger partial charge on any atom is -0.376 e. The number of ketones is 1.